The Labute approximate surface area is 115 Å². The number of hydrogen-bond acceptors (Lipinski definition) is 2. The van der Waals surface area contributed by atoms with Crippen LogP contribution in [0.25, 0.3) is 5.52 Å². The molecule has 0 radical (unpaired) electrons. The molecule has 0 aliphatic carbocycles. The maximum atomic E-state index is 5.53. The molecule has 0 saturated carbocycles. The summed E-state index contributed by atoms with van der Waals surface area (Å²) in [7, 11) is 0. The Hall–Kier alpha value is -0.840. The zero-order chi connectivity index (χ0) is 12.5. The summed E-state index contributed by atoms with van der Waals surface area (Å²) in [6.45, 7) is 4.76. The predicted octanol–water partition coefficient (Wildman–Crippen LogP) is 2.54. The Kier molecular flexibility index (Phi) is 3.41. The highest BCUT2D eigenvalue weighted by Gasteiger charge is 2.19. The lowest BCUT2D eigenvalue weighted by atomic mass is 10.1. The number of nitrogens with one attached hydrogen (secondary N) is 1. The number of aromatic nitrogens is 1. The van der Waals surface area contributed by atoms with Crippen LogP contribution in [0.15, 0.2) is 28.9 Å². The Bertz CT molecular complexity index is 558. The van der Waals surface area contributed by atoms with Crippen molar-refractivity contribution in [2.24, 2.45) is 0 Å². The van der Waals surface area contributed by atoms with Crippen LogP contribution in [0.5, 0.6) is 0 Å². The van der Waals surface area contributed by atoms with Crippen molar-refractivity contribution in [3.8, 4) is 0 Å². The first kappa shape index (κ1) is 12.2. The quantitative estimate of drug-likeness (QED) is 0.922. The second-order valence-electron chi connectivity index (χ2n) is 4.77. The molecule has 96 valence electrons. The second-order valence-corrected chi connectivity index (χ2v) is 5.56. The SMILES string of the molecule is Cc1c(Br)c2ccccn2c1CC1COCCN1. The van der Waals surface area contributed by atoms with Gasteiger partial charge in [0.25, 0.3) is 0 Å². The monoisotopic (exact) mass is 308 g/mol. The molecular weight excluding hydrogens is 292 g/mol. The van der Waals surface area contributed by atoms with Gasteiger partial charge in [0.1, 0.15) is 0 Å². The van der Waals surface area contributed by atoms with Crippen molar-refractivity contribution in [2.45, 2.75) is 19.4 Å². The highest BCUT2D eigenvalue weighted by molar-refractivity contribution is 9.10. The normalized spacial score (nSPS) is 20.4. The zero-order valence-corrected chi connectivity index (χ0v) is 12.0. The minimum atomic E-state index is 0.419. The van der Waals surface area contributed by atoms with Gasteiger partial charge in [0.05, 0.1) is 18.7 Å². The van der Waals surface area contributed by atoms with Crippen molar-refractivity contribution in [1.82, 2.24) is 9.72 Å². The third-order valence-electron chi connectivity index (χ3n) is 3.58. The first-order valence-corrected chi connectivity index (χ1v) is 7.12. The van der Waals surface area contributed by atoms with E-state index >= 15 is 0 Å². The van der Waals surface area contributed by atoms with Gasteiger partial charge in [-0.25, -0.2) is 0 Å². The molecule has 1 aliphatic heterocycles. The van der Waals surface area contributed by atoms with E-state index in [1.54, 1.807) is 0 Å². The van der Waals surface area contributed by atoms with E-state index in [1.807, 2.05) is 0 Å². The fourth-order valence-electron chi connectivity index (χ4n) is 2.59. The molecule has 1 atom stereocenters. The minimum absolute atomic E-state index is 0.419. The van der Waals surface area contributed by atoms with Crippen LogP contribution in [0.1, 0.15) is 11.3 Å². The van der Waals surface area contributed by atoms with Crippen molar-refractivity contribution in [3.63, 3.8) is 0 Å². The van der Waals surface area contributed by atoms with Gasteiger partial charge in [0.2, 0.25) is 0 Å². The van der Waals surface area contributed by atoms with Crippen molar-refractivity contribution in [2.75, 3.05) is 19.8 Å². The Morgan fingerprint density at radius 1 is 1.50 bits per heavy atom. The van der Waals surface area contributed by atoms with E-state index in [2.05, 4.69) is 57.0 Å². The summed E-state index contributed by atoms with van der Waals surface area (Å²) >= 11 is 3.69. The lowest BCUT2D eigenvalue weighted by Gasteiger charge is -2.24. The third kappa shape index (κ3) is 2.09. The van der Waals surface area contributed by atoms with Gasteiger partial charge in [-0.05, 0) is 40.5 Å². The summed E-state index contributed by atoms with van der Waals surface area (Å²) in [5, 5.41) is 3.52. The van der Waals surface area contributed by atoms with Gasteiger partial charge in [-0.3, -0.25) is 0 Å². The molecule has 0 spiro atoms. The molecule has 1 aliphatic rings. The van der Waals surface area contributed by atoms with Crippen LogP contribution in [0.3, 0.4) is 0 Å². The number of pyridine rings is 1. The average molecular weight is 309 g/mol. The molecule has 1 unspecified atom stereocenters. The first-order chi connectivity index (χ1) is 8.77. The number of ether oxygens (including phenoxy) is 1. The van der Waals surface area contributed by atoms with E-state index in [4.69, 9.17) is 4.74 Å². The lowest BCUT2D eigenvalue weighted by Crippen LogP contribution is -2.42. The molecule has 0 aromatic carbocycles. The molecule has 3 heterocycles. The van der Waals surface area contributed by atoms with Crippen LogP contribution in [-0.4, -0.2) is 30.2 Å². The molecule has 1 N–H and O–H groups in total. The van der Waals surface area contributed by atoms with Gasteiger partial charge in [-0.15, -0.1) is 0 Å². The van der Waals surface area contributed by atoms with Gasteiger partial charge in [0, 0.05) is 35.4 Å². The van der Waals surface area contributed by atoms with Crippen LogP contribution in [0, 0.1) is 6.92 Å². The van der Waals surface area contributed by atoms with Crippen LogP contribution < -0.4 is 5.32 Å². The van der Waals surface area contributed by atoms with Crippen LogP contribution in [0.4, 0.5) is 0 Å². The van der Waals surface area contributed by atoms with Crippen LogP contribution in [-0.2, 0) is 11.2 Å². The average Bonchev–Trinajstić information content (AvgIpc) is 2.66. The van der Waals surface area contributed by atoms with E-state index in [9.17, 15) is 0 Å². The topological polar surface area (TPSA) is 25.7 Å². The van der Waals surface area contributed by atoms with E-state index in [-0.39, 0.29) is 0 Å². The summed E-state index contributed by atoms with van der Waals surface area (Å²) in [5.74, 6) is 0. The van der Waals surface area contributed by atoms with Gasteiger partial charge >= 0.3 is 0 Å². The number of hydrogen-bond donors (Lipinski definition) is 1. The van der Waals surface area contributed by atoms with Gasteiger partial charge in [0.15, 0.2) is 0 Å². The van der Waals surface area contributed by atoms with Crippen molar-refractivity contribution in [1.29, 1.82) is 0 Å². The highest BCUT2D eigenvalue weighted by Crippen LogP contribution is 2.29. The van der Waals surface area contributed by atoms with Crippen molar-refractivity contribution in [3.05, 3.63) is 40.1 Å². The van der Waals surface area contributed by atoms with Crippen molar-refractivity contribution >= 4 is 21.4 Å². The number of rotatable bonds is 2. The molecule has 3 rings (SSSR count). The van der Waals surface area contributed by atoms with E-state index in [1.165, 1.54) is 21.2 Å². The fraction of sp³-hybridized carbons (Fsp3) is 0.429. The molecule has 4 heteroatoms. The fourth-order valence-corrected chi connectivity index (χ4v) is 3.14. The third-order valence-corrected chi connectivity index (χ3v) is 4.58. The maximum Gasteiger partial charge on any atom is 0.0624 e. The summed E-state index contributed by atoms with van der Waals surface area (Å²) < 4.78 is 9.01. The molecule has 1 saturated heterocycles. The lowest BCUT2D eigenvalue weighted by molar-refractivity contribution is 0.0766. The number of halogens is 1. The summed E-state index contributed by atoms with van der Waals surface area (Å²) in [4.78, 5) is 0. The minimum Gasteiger partial charge on any atom is -0.379 e. The van der Waals surface area contributed by atoms with Crippen LogP contribution in [0.2, 0.25) is 0 Å². The van der Waals surface area contributed by atoms with Gasteiger partial charge in [-0.1, -0.05) is 6.07 Å². The van der Waals surface area contributed by atoms with Gasteiger partial charge < -0.3 is 14.5 Å². The summed E-state index contributed by atoms with van der Waals surface area (Å²) in [6.07, 6.45) is 3.13. The van der Waals surface area contributed by atoms with E-state index in [0.717, 1.165) is 26.2 Å². The smallest absolute Gasteiger partial charge is 0.0624 e. The molecule has 0 amide bonds. The first-order valence-electron chi connectivity index (χ1n) is 6.32. The van der Waals surface area contributed by atoms with Crippen molar-refractivity contribution < 1.29 is 4.74 Å². The molecule has 2 aromatic heterocycles. The highest BCUT2D eigenvalue weighted by atomic mass is 79.9. The summed E-state index contributed by atoms with van der Waals surface area (Å²) in [5.41, 5.74) is 3.93. The Balaban J connectivity index is 1.97. The van der Waals surface area contributed by atoms with Gasteiger partial charge in [-0.2, -0.15) is 0 Å². The molecule has 2 aromatic rings. The molecule has 0 bridgehead atoms. The molecule has 3 nitrogen and oxygen atoms in total. The Morgan fingerprint density at radius 3 is 3.17 bits per heavy atom. The summed E-state index contributed by atoms with van der Waals surface area (Å²) in [6, 6.07) is 6.71. The standard InChI is InChI=1S/C14H17BrN2O/c1-10-13(8-11-9-18-7-5-16-11)17-6-3-2-4-12(17)14(10)15/h2-4,6,11,16H,5,7-9H2,1H3. The Morgan fingerprint density at radius 2 is 2.39 bits per heavy atom. The number of fused-ring (bicyclic) bond motifs is 1. The second kappa shape index (κ2) is 5.03. The molecule has 18 heavy (non-hydrogen) atoms. The molecule has 1 fully saturated rings. The zero-order valence-electron chi connectivity index (χ0n) is 10.4. The maximum absolute atomic E-state index is 5.53. The van der Waals surface area contributed by atoms with Crippen LogP contribution >= 0.6 is 15.9 Å². The largest absolute Gasteiger partial charge is 0.379 e. The van der Waals surface area contributed by atoms with E-state index in [0.29, 0.717) is 6.04 Å². The predicted molar refractivity (Wildman–Crippen MR) is 76.1 cm³/mol. The number of nitrogens with zero attached hydrogens (tertiary/aromatic N) is 1. The van der Waals surface area contributed by atoms with E-state index < -0.39 is 0 Å². The molecular formula is C14H17BrN2O. The number of morpholine rings is 1.